The lowest BCUT2D eigenvalue weighted by atomic mass is 10.0. The minimum Gasteiger partial charge on any atom is -0.477 e. The summed E-state index contributed by atoms with van der Waals surface area (Å²) in [5, 5.41) is 9.28. The molecular weight excluding hydrogens is 254 g/mol. The number of aryl methyl sites for hydroxylation is 1. The van der Waals surface area contributed by atoms with Crippen LogP contribution in [0.15, 0.2) is 36.5 Å². The summed E-state index contributed by atoms with van der Waals surface area (Å²) in [4.78, 5) is 15.4. The zero-order valence-corrected chi connectivity index (χ0v) is 11.8. The number of carboxylic acids is 1. The summed E-state index contributed by atoms with van der Waals surface area (Å²) < 4.78 is 5.75. The SMILES string of the molecule is Cc1ccnc(Oc2ccccc2C(C)C)c1C(=O)O. The Labute approximate surface area is 118 Å². The van der Waals surface area contributed by atoms with Gasteiger partial charge in [-0.25, -0.2) is 9.78 Å². The molecule has 1 aromatic carbocycles. The van der Waals surface area contributed by atoms with E-state index in [0.29, 0.717) is 11.3 Å². The van der Waals surface area contributed by atoms with Crippen LogP contribution in [-0.4, -0.2) is 16.1 Å². The Bertz CT molecular complexity index is 635. The van der Waals surface area contributed by atoms with Gasteiger partial charge in [-0.1, -0.05) is 32.0 Å². The molecule has 0 aliphatic carbocycles. The average Bonchev–Trinajstić information content (AvgIpc) is 2.38. The van der Waals surface area contributed by atoms with Crippen LogP contribution in [-0.2, 0) is 0 Å². The number of aromatic carboxylic acids is 1. The summed E-state index contributed by atoms with van der Waals surface area (Å²) in [5.74, 6) is 0.0191. The highest BCUT2D eigenvalue weighted by Crippen LogP contribution is 2.31. The van der Waals surface area contributed by atoms with Gasteiger partial charge in [0.25, 0.3) is 0 Å². The van der Waals surface area contributed by atoms with E-state index in [-0.39, 0.29) is 17.4 Å². The van der Waals surface area contributed by atoms with Crippen molar-refractivity contribution in [3.63, 3.8) is 0 Å². The first kappa shape index (κ1) is 14.1. The first-order valence-electron chi connectivity index (χ1n) is 6.46. The largest absolute Gasteiger partial charge is 0.477 e. The number of ether oxygens (including phenoxy) is 1. The number of hydrogen-bond donors (Lipinski definition) is 1. The van der Waals surface area contributed by atoms with Crippen LogP contribution < -0.4 is 4.74 Å². The van der Waals surface area contributed by atoms with E-state index in [0.717, 1.165) is 5.56 Å². The van der Waals surface area contributed by atoms with Crippen molar-refractivity contribution in [3.8, 4) is 11.6 Å². The molecule has 0 saturated carbocycles. The standard InChI is InChI=1S/C16H17NO3/c1-10(2)12-6-4-5-7-13(12)20-15-14(16(18)19)11(3)8-9-17-15/h4-10H,1-3H3,(H,18,19). The van der Waals surface area contributed by atoms with Gasteiger partial charge >= 0.3 is 5.97 Å². The van der Waals surface area contributed by atoms with Crippen molar-refractivity contribution >= 4 is 5.97 Å². The molecule has 1 N–H and O–H groups in total. The molecule has 1 aromatic heterocycles. The summed E-state index contributed by atoms with van der Waals surface area (Å²) in [6, 6.07) is 9.24. The van der Waals surface area contributed by atoms with Crippen molar-refractivity contribution in [3.05, 3.63) is 53.2 Å². The van der Waals surface area contributed by atoms with Crippen LogP contribution in [0.1, 0.15) is 41.3 Å². The Balaban J connectivity index is 2.46. The van der Waals surface area contributed by atoms with Gasteiger partial charge in [0, 0.05) is 6.20 Å². The Morgan fingerprint density at radius 2 is 1.95 bits per heavy atom. The third-order valence-electron chi connectivity index (χ3n) is 3.09. The molecule has 20 heavy (non-hydrogen) atoms. The first-order chi connectivity index (χ1) is 9.50. The highest BCUT2D eigenvalue weighted by atomic mass is 16.5. The Morgan fingerprint density at radius 3 is 2.60 bits per heavy atom. The Morgan fingerprint density at radius 1 is 1.25 bits per heavy atom. The van der Waals surface area contributed by atoms with Crippen molar-refractivity contribution in [2.24, 2.45) is 0 Å². The van der Waals surface area contributed by atoms with Crippen molar-refractivity contribution in [2.75, 3.05) is 0 Å². The first-order valence-corrected chi connectivity index (χ1v) is 6.46. The van der Waals surface area contributed by atoms with Crippen molar-refractivity contribution < 1.29 is 14.6 Å². The minimum atomic E-state index is -1.03. The number of carboxylic acid groups (broad SMARTS) is 1. The molecule has 2 aromatic rings. The van der Waals surface area contributed by atoms with Crippen molar-refractivity contribution in [1.29, 1.82) is 0 Å². The normalized spacial score (nSPS) is 10.6. The van der Waals surface area contributed by atoms with Crippen molar-refractivity contribution in [2.45, 2.75) is 26.7 Å². The molecule has 0 aliphatic rings. The van der Waals surface area contributed by atoms with E-state index >= 15 is 0 Å². The summed E-state index contributed by atoms with van der Waals surface area (Å²) in [6.45, 7) is 5.85. The van der Waals surface area contributed by atoms with Gasteiger partial charge in [0.2, 0.25) is 5.88 Å². The quantitative estimate of drug-likeness (QED) is 0.912. The number of rotatable bonds is 4. The molecule has 0 saturated heterocycles. The summed E-state index contributed by atoms with van der Waals surface area (Å²) >= 11 is 0. The highest BCUT2D eigenvalue weighted by Gasteiger charge is 2.18. The molecule has 0 amide bonds. The maximum Gasteiger partial charge on any atom is 0.341 e. The minimum absolute atomic E-state index is 0.103. The van der Waals surface area contributed by atoms with E-state index in [4.69, 9.17) is 4.74 Å². The Kier molecular flexibility index (Phi) is 4.03. The number of para-hydroxylation sites is 1. The molecule has 0 atom stereocenters. The van der Waals surface area contributed by atoms with E-state index < -0.39 is 5.97 Å². The van der Waals surface area contributed by atoms with Gasteiger partial charge in [0.05, 0.1) is 0 Å². The lowest BCUT2D eigenvalue weighted by molar-refractivity contribution is 0.0692. The van der Waals surface area contributed by atoms with E-state index in [1.54, 1.807) is 19.2 Å². The third kappa shape index (κ3) is 2.79. The number of carbonyl (C=O) groups is 1. The number of hydrogen-bond acceptors (Lipinski definition) is 3. The van der Waals surface area contributed by atoms with Gasteiger partial charge in [-0.05, 0) is 36.1 Å². The molecule has 0 aliphatic heterocycles. The van der Waals surface area contributed by atoms with Gasteiger partial charge < -0.3 is 9.84 Å². The van der Waals surface area contributed by atoms with E-state index in [1.807, 2.05) is 24.3 Å². The number of benzene rings is 1. The van der Waals surface area contributed by atoms with Gasteiger partial charge in [-0.3, -0.25) is 0 Å². The average molecular weight is 271 g/mol. The summed E-state index contributed by atoms with van der Waals surface area (Å²) in [6.07, 6.45) is 1.55. The highest BCUT2D eigenvalue weighted by molar-refractivity contribution is 5.91. The van der Waals surface area contributed by atoms with E-state index in [2.05, 4.69) is 18.8 Å². The van der Waals surface area contributed by atoms with Crippen LogP contribution in [0, 0.1) is 6.92 Å². The van der Waals surface area contributed by atoms with E-state index in [9.17, 15) is 9.90 Å². The van der Waals surface area contributed by atoms with Crippen LogP contribution in [0.4, 0.5) is 0 Å². The van der Waals surface area contributed by atoms with Gasteiger partial charge in [-0.2, -0.15) is 0 Å². The fourth-order valence-corrected chi connectivity index (χ4v) is 2.03. The molecule has 4 heteroatoms. The molecule has 1 heterocycles. The zero-order valence-electron chi connectivity index (χ0n) is 11.8. The second kappa shape index (κ2) is 5.74. The smallest absolute Gasteiger partial charge is 0.341 e. The van der Waals surface area contributed by atoms with Crippen molar-refractivity contribution in [1.82, 2.24) is 4.98 Å². The van der Waals surface area contributed by atoms with Gasteiger partial charge in [0.15, 0.2) is 0 Å². The summed E-state index contributed by atoms with van der Waals surface area (Å²) in [5.41, 5.74) is 1.75. The van der Waals surface area contributed by atoms with Crippen LogP contribution in [0.25, 0.3) is 0 Å². The fraction of sp³-hybridized carbons (Fsp3) is 0.250. The molecule has 0 unspecified atom stereocenters. The molecule has 104 valence electrons. The molecule has 0 spiro atoms. The molecular formula is C16H17NO3. The lowest BCUT2D eigenvalue weighted by Crippen LogP contribution is -2.05. The van der Waals surface area contributed by atoms with Crippen LogP contribution in [0.3, 0.4) is 0 Å². The van der Waals surface area contributed by atoms with Gasteiger partial charge in [0.1, 0.15) is 11.3 Å². The number of nitrogens with zero attached hydrogens (tertiary/aromatic N) is 1. The number of aromatic nitrogens is 1. The van der Waals surface area contributed by atoms with Crippen LogP contribution in [0.2, 0.25) is 0 Å². The van der Waals surface area contributed by atoms with Crippen LogP contribution >= 0.6 is 0 Å². The second-order valence-corrected chi connectivity index (χ2v) is 4.91. The molecule has 0 fully saturated rings. The Hall–Kier alpha value is -2.36. The monoisotopic (exact) mass is 271 g/mol. The fourth-order valence-electron chi connectivity index (χ4n) is 2.03. The predicted molar refractivity (Wildman–Crippen MR) is 76.5 cm³/mol. The van der Waals surface area contributed by atoms with Crippen LogP contribution in [0.5, 0.6) is 11.6 Å². The number of pyridine rings is 1. The maximum atomic E-state index is 11.3. The topological polar surface area (TPSA) is 59.4 Å². The zero-order chi connectivity index (χ0) is 14.7. The molecule has 0 bridgehead atoms. The van der Waals surface area contributed by atoms with Gasteiger partial charge in [-0.15, -0.1) is 0 Å². The molecule has 4 nitrogen and oxygen atoms in total. The molecule has 2 rings (SSSR count). The third-order valence-corrected chi connectivity index (χ3v) is 3.09. The molecule has 0 radical (unpaired) electrons. The maximum absolute atomic E-state index is 11.3. The van der Waals surface area contributed by atoms with E-state index in [1.165, 1.54) is 0 Å². The lowest BCUT2D eigenvalue weighted by Gasteiger charge is -2.14. The second-order valence-electron chi connectivity index (χ2n) is 4.91. The summed E-state index contributed by atoms with van der Waals surface area (Å²) in [7, 11) is 0. The predicted octanol–water partition coefficient (Wildman–Crippen LogP) is 4.00.